The Labute approximate surface area is 93.5 Å². The molecule has 0 aromatic carbocycles. The summed E-state index contributed by atoms with van der Waals surface area (Å²) >= 11 is 9.43. The SMILES string of the molecule is O=S([O-])(=S)CCCCCl.[Na+]. The Morgan fingerprint density at radius 3 is 2.30 bits per heavy atom. The van der Waals surface area contributed by atoms with Crippen LogP contribution >= 0.6 is 11.6 Å². The molecule has 0 aliphatic rings. The minimum atomic E-state index is -3.17. The maximum absolute atomic E-state index is 10.3. The van der Waals surface area contributed by atoms with Crippen LogP contribution in [0.3, 0.4) is 0 Å². The molecule has 0 aromatic rings. The molecule has 0 fully saturated rings. The van der Waals surface area contributed by atoms with Gasteiger partial charge >= 0.3 is 29.6 Å². The van der Waals surface area contributed by atoms with Crippen LogP contribution in [-0.4, -0.2) is 20.4 Å². The van der Waals surface area contributed by atoms with Crippen LogP contribution in [0.4, 0.5) is 0 Å². The Morgan fingerprint density at radius 2 is 2.00 bits per heavy atom. The smallest absolute Gasteiger partial charge is 0.769 e. The zero-order chi connectivity index (χ0) is 7.33. The zero-order valence-corrected chi connectivity index (χ0v) is 10.2. The number of alkyl halides is 1. The van der Waals surface area contributed by atoms with Gasteiger partial charge < -0.3 is 4.55 Å². The van der Waals surface area contributed by atoms with E-state index in [1.807, 2.05) is 0 Å². The van der Waals surface area contributed by atoms with Gasteiger partial charge in [0.15, 0.2) is 0 Å². The summed E-state index contributed by atoms with van der Waals surface area (Å²) in [5.41, 5.74) is 0. The molecule has 10 heavy (non-hydrogen) atoms. The van der Waals surface area contributed by atoms with Crippen LogP contribution in [0, 0.1) is 0 Å². The van der Waals surface area contributed by atoms with Crippen molar-refractivity contribution in [2.45, 2.75) is 12.8 Å². The molecule has 0 bridgehead atoms. The molecule has 0 spiro atoms. The number of halogens is 1. The molecule has 6 heteroatoms. The first kappa shape index (κ1) is 14.2. The van der Waals surface area contributed by atoms with Crippen LogP contribution in [0.25, 0.3) is 0 Å². The molecule has 0 aliphatic carbocycles. The van der Waals surface area contributed by atoms with Crippen LogP contribution in [0.5, 0.6) is 0 Å². The van der Waals surface area contributed by atoms with Crippen molar-refractivity contribution < 1.29 is 38.3 Å². The average molecular weight is 211 g/mol. The Morgan fingerprint density at radius 1 is 1.50 bits per heavy atom. The van der Waals surface area contributed by atoms with E-state index in [4.69, 9.17) is 11.6 Å². The van der Waals surface area contributed by atoms with E-state index in [9.17, 15) is 8.76 Å². The zero-order valence-electron chi connectivity index (χ0n) is 5.84. The van der Waals surface area contributed by atoms with Crippen molar-refractivity contribution in [2.75, 3.05) is 11.6 Å². The Hall–Kier alpha value is 1.62. The molecule has 0 aromatic heterocycles. The van der Waals surface area contributed by atoms with Gasteiger partial charge in [0, 0.05) is 11.6 Å². The van der Waals surface area contributed by atoms with Gasteiger partial charge in [0.25, 0.3) is 0 Å². The molecule has 0 saturated heterocycles. The van der Waals surface area contributed by atoms with Gasteiger partial charge in [-0.25, -0.2) is 0 Å². The van der Waals surface area contributed by atoms with Crippen LogP contribution in [0.2, 0.25) is 0 Å². The summed E-state index contributed by atoms with van der Waals surface area (Å²) < 4.78 is 20.6. The second kappa shape index (κ2) is 7.28. The average Bonchev–Trinajstić information content (AvgIpc) is 1.63. The molecule has 1 unspecified atom stereocenters. The number of hydrogen-bond donors (Lipinski definition) is 0. The van der Waals surface area contributed by atoms with Crippen molar-refractivity contribution in [2.24, 2.45) is 0 Å². The van der Waals surface area contributed by atoms with E-state index in [2.05, 4.69) is 11.2 Å². The van der Waals surface area contributed by atoms with Gasteiger partial charge in [-0.05, 0) is 32.8 Å². The molecule has 0 radical (unpaired) electrons. The normalized spacial score (nSPS) is 15.4. The second-order valence-electron chi connectivity index (χ2n) is 1.66. The maximum atomic E-state index is 10.3. The van der Waals surface area contributed by atoms with Crippen LogP contribution in [-0.2, 0) is 20.0 Å². The Bertz CT molecular complexity index is 157. The van der Waals surface area contributed by atoms with Crippen molar-refractivity contribution in [3.63, 3.8) is 0 Å². The van der Waals surface area contributed by atoms with Crippen LogP contribution < -0.4 is 29.6 Å². The molecular formula is C4H8ClNaO2S2. The molecule has 1 atom stereocenters. The van der Waals surface area contributed by atoms with Gasteiger partial charge in [-0.1, -0.05) is 0 Å². The number of unbranched alkanes of at least 4 members (excludes halogenated alkanes) is 1. The third-order valence-corrected chi connectivity index (χ3v) is 2.33. The molecule has 0 aliphatic heterocycles. The Balaban J connectivity index is 0. The molecule has 0 N–H and O–H groups in total. The number of rotatable bonds is 4. The monoisotopic (exact) mass is 210 g/mol. The summed E-state index contributed by atoms with van der Waals surface area (Å²) in [5.74, 6) is 0.583. The molecule has 2 nitrogen and oxygen atoms in total. The molecule has 56 valence electrons. The topological polar surface area (TPSA) is 40.1 Å². The first-order valence-electron chi connectivity index (χ1n) is 2.56. The van der Waals surface area contributed by atoms with Crippen molar-refractivity contribution in [1.82, 2.24) is 0 Å². The summed E-state index contributed by atoms with van der Waals surface area (Å²) in [4.78, 5) is 0. The predicted molar refractivity (Wildman–Crippen MR) is 41.1 cm³/mol. The fourth-order valence-corrected chi connectivity index (χ4v) is 1.47. The maximum Gasteiger partial charge on any atom is 1.00 e. The minimum absolute atomic E-state index is 0. The van der Waals surface area contributed by atoms with E-state index in [0.29, 0.717) is 12.3 Å². The van der Waals surface area contributed by atoms with E-state index in [0.717, 1.165) is 6.42 Å². The third kappa shape index (κ3) is 12.3. The molecule has 0 saturated carbocycles. The van der Waals surface area contributed by atoms with E-state index in [-0.39, 0.29) is 35.3 Å². The van der Waals surface area contributed by atoms with Gasteiger partial charge in [-0.15, -0.1) is 11.6 Å². The van der Waals surface area contributed by atoms with Gasteiger partial charge in [0.2, 0.25) is 0 Å². The molecule has 0 heterocycles. The second-order valence-corrected chi connectivity index (χ2v) is 5.08. The van der Waals surface area contributed by atoms with Gasteiger partial charge in [-0.3, -0.25) is 4.21 Å². The van der Waals surface area contributed by atoms with Crippen LogP contribution in [0.1, 0.15) is 12.8 Å². The number of hydrogen-bond acceptors (Lipinski definition) is 3. The van der Waals surface area contributed by atoms with E-state index in [1.165, 1.54) is 0 Å². The third-order valence-electron chi connectivity index (χ3n) is 0.778. The first-order valence-corrected chi connectivity index (χ1v) is 5.67. The standard InChI is InChI=1S/C4H9ClO2S2.Na/c5-3-1-2-4-9(6,7)8;/h1-4H2,(H,6,7,8);/q;+1/p-1. The summed E-state index contributed by atoms with van der Waals surface area (Å²) in [6, 6.07) is 0. The van der Waals surface area contributed by atoms with Gasteiger partial charge in [-0.2, -0.15) is 0 Å². The van der Waals surface area contributed by atoms with Gasteiger partial charge in [0.1, 0.15) is 0 Å². The van der Waals surface area contributed by atoms with Crippen molar-refractivity contribution in [3.05, 3.63) is 0 Å². The van der Waals surface area contributed by atoms with Crippen molar-refractivity contribution in [3.8, 4) is 0 Å². The fourth-order valence-electron chi connectivity index (χ4n) is 0.373. The van der Waals surface area contributed by atoms with Crippen molar-refractivity contribution >= 4 is 31.6 Å². The van der Waals surface area contributed by atoms with E-state index >= 15 is 0 Å². The first-order chi connectivity index (χ1) is 4.06. The quantitative estimate of drug-likeness (QED) is 0.303. The molecule has 0 amide bonds. The van der Waals surface area contributed by atoms with Gasteiger partial charge in [0.05, 0.1) is 0 Å². The molecule has 0 rings (SSSR count). The van der Waals surface area contributed by atoms with Crippen molar-refractivity contribution in [1.29, 1.82) is 0 Å². The summed E-state index contributed by atoms with van der Waals surface area (Å²) in [7, 11) is -3.17. The minimum Gasteiger partial charge on any atom is -0.769 e. The summed E-state index contributed by atoms with van der Waals surface area (Å²) in [6.07, 6.45) is 1.30. The van der Waals surface area contributed by atoms with Crippen LogP contribution in [0.15, 0.2) is 0 Å². The summed E-state index contributed by atoms with van der Waals surface area (Å²) in [5, 5.41) is 0. The van der Waals surface area contributed by atoms with E-state index < -0.39 is 8.77 Å². The predicted octanol–water partition coefficient (Wildman–Crippen LogP) is -2.11. The largest absolute Gasteiger partial charge is 1.00 e. The van der Waals surface area contributed by atoms with E-state index in [1.54, 1.807) is 0 Å². The summed E-state index contributed by atoms with van der Waals surface area (Å²) in [6.45, 7) is 0. The molecular weight excluding hydrogens is 203 g/mol. The Kier molecular flexibility index (Phi) is 10.3. The fraction of sp³-hybridized carbons (Fsp3) is 1.00.